The zero-order valence-corrected chi connectivity index (χ0v) is 12.0. The quantitative estimate of drug-likeness (QED) is 0.859. The van der Waals surface area contributed by atoms with Gasteiger partial charge in [-0.3, -0.25) is 4.79 Å². The molecule has 1 aliphatic rings. The minimum Gasteiger partial charge on any atom is -0.454 e. The van der Waals surface area contributed by atoms with E-state index in [9.17, 15) is 4.79 Å². The predicted octanol–water partition coefficient (Wildman–Crippen LogP) is 1.58. The van der Waals surface area contributed by atoms with Crippen LogP contribution in [0.1, 0.15) is 25.8 Å². The van der Waals surface area contributed by atoms with Crippen molar-refractivity contribution in [2.45, 2.75) is 32.7 Å². The molecule has 5 heteroatoms. The predicted molar refractivity (Wildman–Crippen MR) is 74.8 cm³/mol. The number of rotatable bonds is 6. The second kappa shape index (κ2) is 6.61. The summed E-state index contributed by atoms with van der Waals surface area (Å²) in [5.74, 6) is 1.56. The van der Waals surface area contributed by atoms with Crippen molar-refractivity contribution in [1.82, 2.24) is 4.90 Å². The van der Waals surface area contributed by atoms with Gasteiger partial charge in [-0.05, 0) is 38.0 Å². The van der Waals surface area contributed by atoms with Gasteiger partial charge in [0.25, 0.3) is 0 Å². The Kier molecular flexibility index (Phi) is 4.84. The second-order valence-corrected chi connectivity index (χ2v) is 5.09. The SMILES string of the molecule is CC(C)N(CCO)C(=O)CCc1ccc2c(c1)OCO2. The average Bonchev–Trinajstić information content (AvgIpc) is 2.89. The normalized spacial score (nSPS) is 12.8. The first-order valence-electron chi connectivity index (χ1n) is 6.90. The van der Waals surface area contributed by atoms with Gasteiger partial charge in [-0.1, -0.05) is 6.07 Å². The van der Waals surface area contributed by atoms with Crippen LogP contribution in [0.3, 0.4) is 0 Å². The summed E-state index contributed by atoms with van der Waals surface area (Å²) in [6.45, 7) is 4.54. The molecular formula is C15H21NO4. The summed E-state index contributed by atoms with van der Waals surface area (Å²) in [5, 5.41) is 9.00. The largest absolute Gasteiger partial charge is 0.454 e. The number of ether oxygens (including phenoxy) is 2. The number of nitrogens with zero attached hydrogens (tertiary/aromatic N) is 1. The van der Waals surface area contributed by atoms with E-state index in [4.69, 9.17) is 14.6 Å². The van der Waals surface area contributed by atoms with Crippen LogP contribution in [0.15, 0.2) is 18.2 Å². The summed E-state index contributed by atoms with van der Waals surface area (Å²) in [6, 6.07) is 5.84. The molecule has 0 aliphatic carbocycles. The number of benzene rings is 1. The van der Waals surface area contributed by atoms with E-state index in [1.807, 2.05) is 32.0 Å². The molecule has 0 radical (unpaired) electrons. The van der Waals surface area contributed by atoms with Crippen LogP contribution in [0.2, 0.25) is 0 Å². The van der Waals surface area contributed by atoms with Crippen LogP contribution in [0.25, 0.3) is 0 Å². The molecule has 0 saturated heterocycles. The zero-order chi connectivity index (χ0) is 14.5. The van der Waals surface area contributed by atoms with Crippen LogP contribution in [-0.4, -0.2) is 41.9 Å². The maximum atomic E-state index is 12.1. The van der Waals surface area contributed by atoms with Crippen molar-refractivity contribution in [2.75, 3.05) is 19.9 Å². The number of hydrogen-bond acceptors (Lipinski definition) is 4. The van der Waals surface area contributed by atoms with Gasteiger partial charge < -0.3 is 19.5 Å². The molecule has 0 atom stereocenters. The molecule has 20 heavy (non-hydrogen) atoms. The highest BCUT2D eigenvalue weighted by Crippen LogP contribution is 2.32. The molecule has 0 bridgehead atoms. The fraction of sp³-hybridized carbons (Fsp3) is 0.533. The topological polar surface area (TPSA) is 59.0 Å². The summed E-state index contributed by atoms with van der Waals surface area (Å²) in [4.78, 5) is 13.8. The van der Waals surface area contributed by atoms with E-state index in [1.54, 1.807) is 4.90 Å². The van der Waals surface area contributed by atoms with Crippen LogP contribution >= 0.6 is 0 Å². The van der Waals surface area contributed by atoms with Crippen molar-refractivity contribution < 1.29 is 19.4 Å². The molecule has 1 heterocycles. The van der Waals surface area contributed by atoms with Crippen molar-refractivity contribution in [3.05, 3.63) is 23.8 Å². The Morgan fingerprint density at radius 3 is 2.80 bits per heavy atom. The van der Waals surface area contributed by atoms with Crippen molar-refractivity contribution in [1.29, 1.82) is 0 Å². The lowest BCUT2D eigenvalue weighted by Crippen LogP contribution is -2.39. The summed E-state index contributed by atoms with van der Waals surface area (Å²) in [7, 11) is 0. The van der Waals surface area contributed by atoms with E-state index in [-0.39, 0.29) is 25.3 Å². The highest BCUT2D eigenvalue weighted by molar-refractivity contribution is 5.76. The van der Waals surface area contributed by atoms with Gasteiger partial charge in [0.1, 0.15) is 0 Å². The Morgan fingerprint density at radius 2 is 2.10 bits per heavy atom. The Bertz CT molecular complexity index is 473. The van der Waals surface area contributed by atoms with E-state index < -0.39 is 0 Å². The molecule has 0 unspecified atom stereocenters. The molecule has 5 nitrogen and oxygen atoms in total. The van der Waals surface area contributed by atoms with E-state index in [1.165, 1.54) is 0 Å². The Hall–Kier alpha value is -1.75. The van der Waals surface area contributed by atoms with E-state index in [0.29, 0.717) is 19.4 Å². The first kappa shape index (κ1) is 14.7. The van der Waals surface area contributed by atoms with Gasteiger partial charge in [0.2, 0.25) is 12.7 Å². The number of aryl methyl sites for hydroxylation is 1. The molecule has 110 valence electrons. The smallest absolute Gasteiger partial charge is 0.231 e. The van der Waals surface area contributed by atoms with Gasteiger partial charge in [0.05, 0.1) is 6.61 Å². The fourth-order valence-electron chi connectivity index (χ4n) is 2.27. The number of fused-ring (bicyclic) bond motifs is 1. The Labute approximate surface area is 119 Å². The fourth-order valence-corrected chi connectivity index (χ4v) is 2.27. The standard InChI is InChI=1S/C15H21NO4/c1-11(2)16(7-8-17)15(18)6-4-12-3-5-13-14(9-12)20-10-19-13/h3,5,9,11,17H,4,6-8,10H2,1-2H3. The molecule has 1 aromatic rings. The molecule has 0 spiro atoms. The first-order valence-corrected chi connectivity index (χ1v) is 6.90. The average molecular weight is 279 g/mol. The van der Waals surface area contributed by atoms with Gasteiger partial charge >= 0.3 is 0 Å². The lowest BCUT2D eigenvalue weighted by Gasteiger charge is -2.26. The summed E-state index contributed by atoms with van der Waals surface area (Å²) < 4.78 is 10.6. The number of aliphatic hydroxyl groups excluding tert-OH is 1. The molecule has 1 amide bonds. The van der Waals surface area contributed by atoms with Gasteiger partial charge in [0.15, 0.2) is 11.5 Å². The summed E-state index contributed by atoms with van der Waals surface area (Å²) in [6.07, 6.45) is 1.09. The molecule has 0 saturated carbocycles. The third-order valence-corrected chi connectivity index (χ3v) is 3.35. The highest BCUT2D eigenvalue weighted by atomic mass is 16.7. The molecule has 1 aliphatic heterocycles. The number of aliphatic hydroxyl groups is 1. The van der Waals surface area contributed by atoms with Crippen molar-refractivity contribution in [2.24, 2.45) is 0 Å². The Balaban J connectivity index is 1.92. The number of amides is 1. The molecule has 0 aromatic heterocycles. The van der Waals surface area contributed by atoms with E-state index >= 15 is 0 Å². The third kappa shape index (κ3) is 3.42. The number of carbonyl (C=O) groups is 1. The lowest BCUT2D eigenvalue weighted by atomic mass is 10.1. The van der Waals surface area contributed by atoms with E-state index in [2.05, 4.69) is 0 Å². The maximum Gasteiger partial charge on any atom is 0.231 e. The van der Waals surface area contributed by atoms with Crippen LogP contribution in [-0.2, 0) is 11.2 Å². The van der Waals surface area contributed by atoms with Crippen LogP contribution < -0.4 is 9.47 Å². The molecule has 2 rings (SSSR count). The minimum atomic E-state index is -0.00601. The molecular weight excluding hydrogens is 258 g/mol. The maximum absolute atomic E-state index is 12.1. The van der Waals surface area contributed by atoms with Gasteiger partial charge in [-0.15, -0.1) is 0 Å². The van der Waals surface area contributed by atoms with Gasteiger partial charge in [-0.2, -0.15) is 0 Å². The Morgan fingerprint density at radius 1 is 1.35 bits per heavy atom. The summed E-state index contributed by atoms with van der Waals surface area (Å²) in [5.41, 5.74) is 1.05. The van der Waals surface area contributed by atoms with Gasteiger partial charge in [-0.25, -0.2) is 0 Å². The number of carbonyl (C=O) groups excluding carboxylic acids is 1. The molecule has 0 fully saturated rings. The zero-order valence-electron chi connectivity index (χ0n) is 12.0. The van der Waals surface area contributed by atoms with Crippen molar-refractivity contribution >= 4 is 5.91 Å². The van der Waals surface area contributed by atoms with Crippen molar-refractivity contribution in [3.8, 4) is 11.5 Å². The molecule has 1 N–H and O–H groups in total. The first-order chi connectivity index (χ1) is 9.61. The molecule has 1 aromatic carbocycles. The highest BCUT2D eigenvalue weighted by Gasteiger charge is 2.17. The van der Waals surface area contributed by atoms with Crippen molar-refractivity contribution in [3.63, 3.8) is 0 Å². The van der Waals surface area contributed by atoms with Crippen LogP contribution in [0.4, 0.5) is 0 Å². The number of hydrogen-bond donors (Lipinski definition) is 1. The lowest BCUT2D eigenvalue weighted by molar-refractivity contribution is -0.133. The van der Waals surface area contributed by atoms with Crippen LogP contribution in [0, 0.1) is 0 Å². The second-order valence-electron chi connectivity index (χ2n) is 5.09. The van der Waals surface area contributed by atoms with Gasteiger partial charge in [0, 0.05) is 19.0 Å². The van der Waals surface area contributed by atoms with E-state index in [0.717, 1.165) is 17.1 Å². The van der Waals surface area contributed by atoms with Crippen LogP contribution in [0.5, 0.6) is 11.5 Å². The monoisotopic (exact) mass is 279 g/mol. The third-order valence-electron chi connectivity index (χ3n) is 3.35. The summed E-state index contributed by atoms with van der Waals surface area (Å²) >= 11 is 0. The minimum absolute atomic E-state index is 0.00601.